The third-order valence-corrected chi connectivity index (χ3v) is 5.71. The number of imidazole rings is 1. The molecule has 0 bridgehead atoms. The summed E-state index contributed by atoms with van der Waals surface area (Å²) in [7, 11) is 0. The second kappa shape index (κ2) is 6.59. The van der Waals surface area contributed by atoms with Crippen LogP contribution in [-0.2, 0) is 5.75 Å². The molecule has 0 amide bonds. The fourth-order valence-electron chi connectivity index (χ4n) is 2.37. The quantitative estimate of drug-likeness (QED) is 0.451. The predicted molar refractivity (Wildman–Crippen MR) is 103 cm³/mol. The van der Waals surface area contributed by atoms with E-state index in [9.17, 15) is 0 Å². The predicted octanol–water partition coefficient (Wildman–Crippen LogP) is 5.94. The lowest BCUT2D eigenvalue weighted by Crippen LogP contribution is -1.83. The van der Waals surface area contributed by atoms with Gasteiger partial charge in [0.2, 0.25) is 0 Å². The zero-order chi connectivity index (χ0) is 16.5. The number of halogens is 1. The summed E-state index contributed by atoms with van der Waals surface area (Å²) in [6.07, 6.45) is 0. The average Bonchev–Trinajstić information content (AvgIpc) is 3.19. The van der Waals surface area contributed by atoms with Crippen LogP contribution in [0.15, 0.2) is 53.0 Å². The van der Waals surface area contributed by atoms with Gasteiger partial charge < -0.3 is 4.98 Å². The zero-order valence-corrected chi connectivity index (χ0v) is 15.3. The molecule has 0 saturated heterocycles. The summed E-state index contributed by atoms with van der Waals surface area (Å²) in [4.78, 5) is 12.6. The summed E-state index contributed by atoms with van der Waals surface area (Å²) in [6, 6.07) is 14.1. The monoisotopic (exact) mass is 371 g/mol. The van der Waals surface area contributed by atoms with Crippen molar-refractivity contribution in [1.29, 1.82) is 0 Å². The lowest BCUT2D eigenvalue weighted by Gasteiger charge is -1.97. The van der Waals surface area contributed by atoms with Crippen LogP contribution in [0.25, 0.3) is 21.6 Å². The van der Waals surface area contributed by atoms with Gasteiger partial charge in [-0.15, -0.1) is 11.3 Å². The summed E-state index contributed by atoms with van der Waals surface area (Å²) in [5.74, 6) is 0.788. The topological polar surface area (TPSA) is 41.6 Å². The second-order valence-corrected chi connectivity index (χ2v) is 7.76. The van der Waals surface area contributed by atoms with Gasteiger partial charge in [0.1, 0.15) is 5.01 Å². The van der Waals surface area contributed by atoms with Gasteiger partial charge in [-0.25, -0.2) is 9.97 Å². The Balaban J connectivity index is 1.48. The number of aromatic amines is 1. The molecular formula is C18H14ClN3S2. The molecular weight excluding hydrogens is 358 g/mol. The van der Waals surface area contributed by atoms with Gasteiger partial charge >= 0.3 is 0 Å². The third-order valence-electron chi connectivity index (χ3n) is 3.63. The molecule has 0 saturated carbocycles. The molecule has 0 unspecified atom stereocenters. The number of rotatable bonds is 4. The van der Waals surface area contributed by atoms with Crippen molar-refractivity contribution in [3.8, 4) is 10.6 Å². The highest BCUT2D eigenvalue weighted by molar-refractivity contribution is 7.98. The number of hydrogen-bond acceptors (Lipinski definition) is 4. The molecule has 6 heteroatoms. The third kappa shape index (κ3) is 3.34. The largest absolute Gasteiger partial charge is 0.333 e. The van der Waals surface area contributed by atoms with Crippen LogP contribution in [0, 0.1) is 6.92 Å². The SMILES string of the molecule is Cc1ccc(-c2nc(CSc3nc4ccc(Cl)cc4[nH]3)cs2)cc1. The van der Waals surface area contributed by atoms with Crippen molar-refractivity contribution in [2.75, 3.05) is 0 Å². The van der Waals surface area contributed by atoms with Crippen molar-refractivity contribution in [3.05, 3.63) is 64.1 Å². The lowest BCUT2D eigenvalue weighted by atomic mass is 10.2. The average molecular weight is 372 g/mol. The fraction of sp³-hybridized carbons (Fsp3) is 0.111. The van der Waals surface area contributed by atoms with Crippen molar-refractivity contribution in [2.45, 2.75) is 17.8 Å². The van der Waals surface area contributed by atoms with Crippen LogP contribution >= 0.6 is 34.7 Å². The molecule has 1 N–H and O–H groups in total. The Morgan fingerprint density at radius 3 is 2.79 bits per heavy atom. The van der Waals surface area contributed by atoms with Crippen LogP contribution < -0.4 is 0 Å². The number of benzene rings is 2. The molecule has 2 aromatic heterocycles. The van der Waals surface area contributed by atoms with Gasteiger partial charge in [0, 0.05) is 21.7 Å². The number of H-pyrrole nitrogens is 1. The summed E-state index contributed by atoms with van der Waals surface area (Å²) in [6.45, 7) is 2.09. The van der Waals surface area contributed by atoms with Crippen LogP contribution in [0.1, 0.15) is 11.3 Å². The number of aryl methyl sites for hydroxylation is 1. The molecule has 0 atom stereocenters. The zero-order valence-electron chi connectivity index (χ0n) is 12.9. The van der Waals surface area contributed by atoms with Crippen LogP contribution in [0.3, 0.4) is 0 Å². The molecule has 4 aromatic rings. The molecule has 0 fully saturated rings. The highest BCUT2D eigenvalue weighted by atomic mass is 35.5. The summed E-state index contributed by atoms with van der Waals surface area (Å²) in [5, 5.41) is 4.77. The van der Waals surface area contributed by atoms with E-state index in [1.54, 1.807) is 23.1 Å². The van der Waals surface area contributed by atoms with Crippen molar-refractivity contribution in [3.63, 3.8) is 0 Å². The van der Waals surface area contributed by atoms with E-state index >= 15 is 0 Å². The van der Waals surface area contributed by atoms with E-state index in [0.717, 1.165) is 32.6 Å². The van der Waals surface area contributed by atoms with Gasteiger partial charge in [0.05, 0.1) is 16.7 Å². The fourth-order valence-corrected chi connectivity index (χ4v) is 4.25. The van der Waals surface area contributed by atoms with Gasteiger partial charge in [-0.05, 0) is 25.1 Å². The van der Waals surface area contributed by atoms with Gasteiger partial charge in [0.25, 0.3) is 0 Å². The summed E-state index contributed by atoms with van der Waals surface area (Å²) >= 11 is 9.34. The van der Waals surface area contributed by atoms with E-state index in [4.69, 9.17) is 16.6 Å². The first kappa shape index (κ1) is 15.7. The summed E-state index contributed by atoms with van der Waals surface area (Å²) < 4.78 is 0. The molecule has 0 radical (unpaired) electrons. The smallest absolute Gasteiger partial charge is 0.166 e. The number of aromatic nitrogens is 3. The normalized spacial score (nSPS) is 11.2. The molecule has 0 aliphatic carbocycles. The van der Waals surface area contributed by atoms with Crippen LogP contribution in [0.2, 0.25) is 5.02 Å². The first-order valence-electron chi connectivity index (χ1n) is 7.47. The Morgan fingerprint density at radius 1 is 1.12 bits per heavy atom. The molecule has 120 valence electrons. The first-order chi connectivity index (χ1) is 11.7. The van der Waals surface area contributed by atoms with Crippen LogP contribution in [0.4, 0.5) is 0 Å². The molecule has 0 spiro atoms. The Hall–Kier alpha value is -1.82. The molecule has 3 nitrogen and oxygen atoms in total. The Morgan fingerprint density at radius 2 is 1.96 bits per heavy atom. The lowest BCUT2D eigenvalue weighted by molar-refractivity contribution is 1.07. The molecule has 0 aliphatic heterocycles. The molecule has 24 heavy (non-hydrogen) atoms. The number of thiazole rings is 1. The maximum atomic E-state index is 6.01. The maximum absolute atomic E-state index is 6.01. The Bertz CT molecular complexity index is 989. The van der Waals surface area contributed by atoms with E-state index in [1.807, 2.05) is 18.2 Å². The minimum atomic E-state index is 0.713. The Labute approximate surface area is 153 Å². The van der Waals surface area contributed by atoms with Crippen molar-refractivity contribution in [2.24, 2.45) is 0 Å². The van der Waals surface area contributed by atoms with Gasteiger partial charge in [-0.1, -0.05) is 53.2 Å². The van der Waals surface area contributed by atoms with Gasteiger partial charge in [-0.2, -0.15) is 0 Å². The molecule has 0 aliphatic rings. The molecule has 2 heterocycles. The van der Waals surface area contributed by atoms with Crippen LogP contribution in [0.5, 0.6) is 0 Å². The van der Waals surface area contributed by atoms with E-state index < -0.39 is 0 Å². The minimum absolute atomic E-state index is 0.713. The van der Waals surface area contributed by atoms with Gasteiger partial charge in [0.15, 0.2) is 5.16 Å². The van der Waals surface area contributed by atoms with E-state index in [2.05, 4.69) is 46.5 Å². The highest BCUT2D eigenvalue weighted by Gasteiger charge is 2.08. The molecule has 2 aromatic carbocycles. The number of nitrogens with zero attached hydrogens (tertiary/aromatic N) is 2. The summed E-state index contributed by atoms with van der Waals surface area (Å²) in [5.41, 5.74) is 5.39. The first-order valence-corrected chi connectivity index (χ1v) is 9.71. The van der Waals surface area contributed by atoms with E-state index in [-0.39, 0.29) is 0 Å². The van der Waals surface area contributed by atoms with Crippen molar-refractivity contribution < 1.29 is 0 Å². The number of thioether (sulfide) groups is 1. The standard InChI is InChI=1S/C18H14ClN3S2/c1-11-2-4-12(5-3-11)17-20-14(9-23-17)10-24-18-21-15-7-6-13(19)8-16(15)22-18/h2-9H,10H2,1H3,(H,21,22). The van der Waals surface area contributed by atoms with E-state index in [1.165, 1.54) is 11.1 Å². The number of hydrogen-bond donors (Lipinski definition) is 1. The Kier molecular flexibility index (Phi) is 4.31. The van der Waals surface area contributed by atoms with Crippen LogP contribution in [-0.4, -0.2) is 15.0 Å². The number of nitrogens with one attached hydrogen (secondary N) is 1. The maximum Gasteiger partial charge on any atom is 0.166 e. The number of fused-ring (bicyclic) bond motifs is 1. The minimum Gasteiger partial charge on any atom is -0.333 e. The highest BCUT2D eigenvalue weighted by Crippen LogP contribution is 2.28. The van der Waals surface area contributed by atoms with Crippen molar-refractivity contribution >= 4 is 45.7 Å². The second-order valence-electron chi connectivity index (χ2n) is 5.50. The van der Waals surface area contributed by atoms with E-state index in [0.29, 0.717) is 5.02 Å². The van der Waals surface area contributed by atoms with Gasteiger partial charge in [-0.3, -0.25) is 0 Å². The molecule has 4 rings (SSSR count). The van der Waals surface area contributed by atoms with Crippen molar-refractivity contribution in [1.82, 2.24) is 15.0 Å².